The van der Waals surface area contributed by atoms with Crippen molar-refractivity contribution >= 4 is 27.7 Å². The van der Waals surface area contributed by atoms with E-state index in [2.05, 4.69) is 28.3 Å². The quantitative estimate of drug-likeness (QED) is 0.786. The van der Waals surface area contributed by atoms with Gasteiger partial charge in [-0.1, -0.05) is 12.1 Å². The molecule has 0 radical (unpaired) electrons. The maximum absolute atomic E-state index is 5.81. The van der Waals surface area contributed by atoms with E-state index in [-0.39, 0.29) is 0 Å². The van der Waals surface area contributed by atoms with E-state index in [0.29, 0.717) is 6.54 Å². The van der Waals surface area contributed by atoms with Crippen molar-refractivity contribution < 1.29 is 4.74 Å². The van der Waals surface area contributed by atoms with Crippen LogP contribution >= 0.6 is 27.7 Å². The van der Waals surface area contributed by atoms with E-state index in [1.165, 1.54) is 5.56 Å². The molecule has 0 aliphatic rings. The molecular weight excluding hydrogens is 286 g/mol. The average Bonchev–Trinajstić information content (AvgIpc) is 2.28. The standard InChI is InChI=1S/C12H18BrNOS/c1-16-9-3-8-15-12-10(6-7-14)4-2-5-11(12)13/h2,4-5H,3,6-9,14H2,1H3. The zero-order valence-electron chi connectivity index (χ0n) is 9.54. The molecule has 1 aromatic carbocycles. The molecule has 2 N–H and O–H groups in total. The monoisotopic (exact) mass is 303 g/mol. The molecule has 0 heterocycles. The third kappa shape index (κ3) is 4.36. The lowest BCUT2D eigenvalue weighted by molar-refractivity contribution is 0.313. The molecule has 0 amide bonds. The van der Waals surface area contributed by atoms with Crippen molar-refractivity contribution in [2.45, 2.75) is 12.8 Å². The van der Waals surface area contributed by atoms with Gasteiger partial charge in [0.15, 0.2) is 0 Å². The van der Waals surface area contributed by atoms with Gasteiger partial charge in [0.05, 0.1) is 11.1 Å². The first-order chi connectivity index (χ1) is 7.79. The molecule has 0 aromatic heterocycles. The second-order valence-corrected chi connectivity index (χ2v) is 5.30. The number of thioether (sulfide) groups is 1. The summed E-state index contributed by atoms with van der Waals surface area (Å²) >= 11 is 5.36. The van der Waals surface area contributed by atoms with Gasteiger partial charge >= 0.3 is 0 Å². The molecule has 16 heavy (non-hydrogen) atoms. The normalized spacial score (nSPS) is 10.4. The van der Waals surface area contributed by atoms with Crippen molar-refractivity contribution in [3.05, 3.63) is 28.2 Å². The summed E-state index contributed by atoms with van der Waals surface area (Å²) < 4.78 is 6.82. The maximum atomic E-state index is 5.81. The first-order valence-electron chi connectivity index (χ1n) is 5.38. The van der Waals surface area contributed by atoms with Gasteiger partial charge in [0, 0.05) is 0 Å². The Hall–Kier alpha value is -0.190. The number of halogens is 1. The van der Waals surface area contributed by atoms with Gasteiger partial charge in [0.2, 0.25) is 0 Å². The summed E-state index contributed by atoms with van der Waals surface area (Å²) in [5, 5.41) is 0. The lowest BCUT2D eigenvalue weighted by atomic mass is 10.1. The van der Waals surface area contributed by atoms with Crippen LogP contribution in [0.15, 0.2) is 22.7 Å². The van der Waals surface area contributed by atoms with Crippen LogP contribution in [0.3, 0.4) is 0 Å². The van der Waals surface area contributed by atoms with Crippen molar-refractivity contribution in [3.63, 3.8) is 0 Å². The lowest BCUT2D eigenvalue weighted by Crippen LogP contribution is -2.07. The zero-order valence-corrected chi connectivity index (χ0v) is 11.9. The van der Waals surface area contributed by atoms with Crippen molar-refractivity contribution in [3.8, 4) is 5.75 Å². The van der Waals surface area contributed by atoms with Crippen LogP contribution in [0, 0.1) is 0 Å². The number of rotatable bonds is 7. The van der Waals surface area contributed by atoms with E-state index in [4.69, 9.17) is 10.5 Å². The predicted molar refractivity (Wildman–Crippen MR) is 75.4 cm³/mol. The van der Waals surface area contributed by atoms with E-state index in [1.807, 2.05) is 23.9 Å². The molecule has 0 aliphatic carbocycles. The van der Waals surface area contributed by atoms with E-state index in [0.717, 1.165) is 35.4 Å². The third-order valence-corrected chi connectivity index (χ3v) is 3.52. The topological polar surface area (TPSA) is 35.2 Å². The molecule has 0 saturated heterocycles. The van der Waals surface area contributed by atoms with E-state index in [9.17, 15) is 0 Å². The highest BCUT2D eigenvalue weighted by Crippen LogP contribution is 2.29. The minimum Gasteiger partial charge on any atom is -0.492 e. The van der Waals surface area contributed by atoms with Crippen molar-refractivity contribution in [2.24, 2.45) is 5.73 Å². The molecule has 0 spiro atoms. The van der Waals surface area contributed by atoms with Crippen LogP contribution < -0.4 is 10.5 Å². The molecule has 1 aromatic rings. The number of hydrogen-bond donors (Lipinski definition) is 1. The molecular formula is C12H18BrNOS. The van der Waals surface area contributed by atoms with Crippen LogP contribution in [-0.2, 0) is 6.42 Å². The number of benzene rings is 1. The minimum absolute atomic E-state index is 0.650. The Balaban J connectivity index is 2.61. The molecule has 2 nitrogen and oxygen atoms in total. The molecule has 0 unspecified atom stereocenters. The Labute approximate surface area is 110 Å². The smallest absolute Gasteiger partial charge is 0.136 e. The summed E-state index contributed by atoms with van der Waals surface area (Å²) in [7, 11) is 0. The summed E-state index contributed by atoms with van der Waals surface area (Å²) in [5.41, 5.74) is 6.76. The molecule has 1 rings (SSSR count). The van der Waals surface area contributed by atoms with Crippen LogP contribution in [0.2, 0.25) is 0 Å². The van der Waals surface area contributed by atoms with Crippen LogP contribution in [-0.4, -0.2) is 25.2 Å². The Bertz CT molecular complexity index is 320. The summed E-state index contributed by atoms with van der Waals surface area (Å²) in [6.45, 7) is 1.42. The first kappa shape index (κ1) is 13.9. The molecule has 4 heteroatoms. The van der Waals surface area contributed by atoms with E-state index in [1.54, 1.807) is 0 Å². The number of nitrogens with two attached hydrogens (primary N) is 1. The highest BCUT2D eigenvalue weighted by Gasteiger charge is 2.06. The number of para-hydroxylation sites is 1. The molecule has 0 aliphatic heterocycles. The average molecular weight is 304 g/mol. The van der Waals surface area contributed by atoms with Gasteiger partial charge in [-0.05, 0) is 59.0 Å². The minimum atomic E-state index is 0.650. The lowest BCUT2D eigenvalue weighted by Gasteiger charge is -2.12. The molecule has 0 fully saturated rings. The van der Waals surface area contributed by atoms with Crippen LogP contribution in [0.4, 0.5) is 0 Å². The van der Waals surface area contributed by atoms with Crippen molar-refractivity contribution in [2.75, 3.05) is 25.2 Å². The Kier molecular flexibility index (Phi) is 6.92. The largest absolute Gasteiger partial charge is 0.492 e. The highest BCUT2D eigenvalue weighted by molar-refractivity contribution is 9.10. The predicted octanol–water partition coefficient (Wildman–Crippen LogP) is 3.08. The fraction of sp³-hybridized carbons (Fsp3) is 0.500. The van der Waals surface area contributed by atoms with Gasteiger partial charge < -0.3 is 10.5 Å². The van der Waals surface area contributed by atoms with Gasteiger partial charge in [-0.15, -0.1) is 0 Å². The van der Waals surface area contributed by atoms with Gasteiger partial charge in [-0.3, -0.25) is 0 Å². The fourth-order valence-corrected chi connectivity index (χ4v) is 2.37. The van der Waals surface area contributed by atoms with Gasteiger partial charge in [0.25, 0.3) is 0 Å². The SMILES string of the molecule is CSCCCOc1c(Br)cccc1CCN. The van der Waals surface area contributed by atoms with Gasteiger partial charge in [0.1, 0.15) is 5.75 Å². The summed E-state index contributed by atoms with van der Waals surface area (Å²) in [4.78, 5) is 0. The Morgan fingerprint density at radius 3 is 2.94 bits per heavy atom. The fourth-order valence-electron chi connectivity index (χ4n) is 1.45. The Morgan fingerprint density at radius 2 is 2.25 bits per heavy atom. The van der Waals surface area contributed by atoms with Crippen molar-refractivity contribution in [1.29, 1.82) is 0 Å². The zero-order chi connectivity index (χ0) is 11.8. The van der Waals surface area contributed by atoms with Crippen molar-refractivity contribution in [1.82, 2.24) is 0 Å². The highest BCUT2D eigenvalue weighted by atomic mass is 79.9. The number of ether oxygens (including phenoxy) is 1. The maximum Gasteiger partial charge on any atom is 0.136 e. The summed E-state index contributed by atoms with van der Waals surface area (Å²) in [6, 6.07) is 6.09. The van der Waals surface area contributed by atoms with Gasteiger partial charge in [-0.25, -0.2) is 0 Å². The third-order valence-electron chi connectivity index (χ3n) is 2.20. The molecule has 0 atom stereocenters. The molecule has 90 valence electrons. The van der Waals surface area contributed by atoms with E-state index >= 15 is 0 Å². The Morgan fingerprint density at radius 1 is 1.44 bits per heavy atom. The number of hydrogen-bond acceptors (Lipinski definition) is 3. The van der Waals surface area contributed by atoms with E-state index < -0.39 is 0 Å². The summed E-state index contributed by atoms with van der Waals surface area (Å²) in [5.74, 6) is 2.09. The molecule has 0 bridgehead atoms. The summed E-state index contributed by atoms with van der Waals surface area (Å²) in [6.07, 6.45) is 4.04. The van der Waals surface area contributed by atoms with Crippen LogP contribution in [0.1, 0.15) is 12.0 Å². The van der Waals surface area contributed by atoms with Crippen LogP contribution in [0.25, 0.3) is 0 Å². The van der Waals surface area contributed by atoms with Gasteiger partial charge in [-0.2, -0.15) is 11.8 Å². The molecule has 0 saturated carbocycles. The second kappa shape index (κ2) is 7.98. The first-order valence-corrected chi connectivity index (χ1v) is 7.57. The van der Waals surface area contributed by atoms with Crippen LogP contribution in [0.5, 0.6) is 5.75 Å². The second-order valence-electron chi connectivity index (χ2n) is 3.46.